The Morgan fingerprint density at radius 1 is 0.455 bits per heavy atom. The number of fused-ring (bicyclic) bond motifs is 1. The molecule has 0 atom stereocenters. The minimum Gasteiger partial charge on any atom is -0.588 e. The van der Waals surface area contributed by atoms with E-state index >= 15 is 0 Å². The Kier molecular flexibility index (Phi) is 8.05. The van der Waals surface area contributed by atoms with Crippen LogP contribution in [0.1, 0.15) is 11.5 Å². The fourth-order valence-electron chi connectivity index (χ4n) is 5.25. The van der Waals surface area contributed by atoms with E-state index in [0.29, 0.717) is 69.0 Å². The van der Waals surface area contributed by atoms with E-state index < -0.39 is 0 Å². The zero-order chi connectivity index (χ0) is 28.5. The van der Waals surface area contributed by atoms with Crippen molar-refractivity contribution in [3.8, 4) is 46.1 Å². The molecular formula is C32H18N2O8Y2-2. The van der Waals surface area contributed by atoms with Crippen molar-refractivity contribution in [2.75, 3.05) is 14.1 Å². The Hall–Kier alpha value is -3.69. The van der Waals surface area contributed by atoms with Crippen LogP contribution < -0.4 is 0 Å². The Morgan fingerprint density at radius 3 is 1.07 bits per heavy atom. The molecule has 0 saturated heterocycles. The summed E-state index contributed by atoms with van der Waals surface area (Å²) >= 11 is 0. The van der Waals surface area contributed by atoms with Gasteiger partial charge in [-0.2, -0.15) is 12.1 Å². The first-order chi connectivity index (χ1) is 20.5. The molecule has 44 heavy (non-hydrogen) atoms. The smallest absolute Gasteiger partial charge is 0.261 e. The Labute approximate surface area is 300 Å². The monoisotopic (exact) mass is 736 g/mol. The largest absolute Gasteiger partial charge is 0.588 e. The van der Waals surface area contributed by atoms with E-state index in [9.17, 15) is 9.59 Å². The number of hydrogen-bond acceptors (Lipinski definition) is 8. The molecule has 2 aliphatic heterocycles. The number of amides is 2. The van der Waals surface area contributed by atoms with Crippen molar-refractivity contribution in [3.63, 3.8) is 0 Å². The minimum atomic E-state index is -0.354. The molecular weight excluding hydrogens is 718 g/mol. The molecule has 0 saturated carbocycles. The van der Waals surface area contributed by atoms with Crippen molar-refractivity contribution in [1.82, 2.24) is 9.80 Å². The summed E-state index contributed by atoms with van der Waals surface area (Å²) in [5, 5.41) is 0. The standard InChI is InChI=1S/C32H18N2O8.2Y/c1-33-29(25-13-11-23(41-25)21-9-7-19(39-21)17-5-3-15-37-17)27-28(31(33)35)30(34(2)32(27)36)26-14-12-24(42-26)22-10-8-20(40-22)18-6-4-16-38-18;;/h3-14H,1-2H3;;/q-2;;. The van der Waals surface area contributed by atoms with E-state index in [2.05, 4.69) is 12.5 Å². The summed E-state index contributed by atoms with van der Waals surface area (Å²) in [6, 6.07) is 20.7. The van der Waals surface area contributed by atoms with Gasteiger partial charge < -0.3 is 36.3 Å². The first-order valence-corrected chi connectivity index (χ1v) is 12.9. The maximum absolute atomic E-state index is 13.6. The van der Waals surface area contributed by atoms with Crippen LogP contribution in [0.15, 0.2) is 110 Å². The molecule has 0 aromatic carbocycles. The van der Waals surface area contributed by atoms with Crippen LogP contribution in [0, 0.1) is 12.5 Å². The molecule has 0 unspecified atom stereocenters. The van der Waals surface area contributed by atoms with Gasteiger partial charge in [-0.05, 0) is 61.1 Å². The number of likely N-dealkylation sites (N-methyl/N-ethyl adjacent to an activating group) is 2. The van der Waals surface area contributed by atoms with Crippen LogP contribution in [0.3, 0.4) is 0 Å². The van der Waals surface area contributed by atoms with Crippen molar-refractivity contribution in [1.29, 1.82) is 0 Å². The molecule has 0 spiro atoms. The summed E-state index contributed by atoms with van der Waals surface area (Å²) in [5.41, 5.74) is 1.19. The molecule has 0 aliphatic carbocycles. The molecule has 10 nitrogen and oxygen atoms in total. The third-order valence-electron chi connectivity index (χ3n) is 7.24. The Balaban J connectivity index is 0.00000171. The van der Waals surface area contributed by atoms with E-state index in [1.807, 2.05) is 0 Å². The van der Waals surface area contributed by atoms with E-state index in [4.69, 9.17) is 26.5 Å². The third kappa shape index (κ3) is 4.72. The van der Waals surface area contributed by atoms with Gasteiger partial charge in [-0.15, -0.1) is 12.1 Å². The topological polar surface area (TPSA) is 119 Å². The number of carbonyl (C=O) groups is 2. The minimum absolute atomic E-state index is 0. The van der Waals surface area contributed by atoms with Gasteiger partial charge in [0, 0.05) is 91.0 Å². The van der Waals surface area contributed by atoms with Gasteiger partial charge in [0.1, 0.15) is 22.9 Å². The van der Waals surface area contributed by atoms with Gasteiger partial charge in [-0.1, -0.05) is 0 Å². The maximum atomic E-state index is 13.6. The Morgan fingerprint density at radius 2 is 0.750 bits per heavy atom. The number of furan rings is 6. The van der Waals surface area contributed by atoms with E-state index in [0.717, 1.165) is 0 Å². The van der Waals surface area contributed by atoms with Crippen LogP contribution in [0.4, 0.5) is 0 Å². The summed E-state index contributed by atoms with van der Waals surface area (Å²) in [7, 11) is 3.21. The van der Waals surface area contributed by atoms with Crippen molar-refractivity contribution < 1.29 is 102 Å². The average Bonchev–Trinajstić information content (AvgIpc) is 3.83. The summed E-state index contributed by atoms with van der Waals surface area (Å²) in [6.07, 6.45) is 5.26. The maximum Gasteiger partial charge on any atom is 0.261 e. The molecule has 12 heteroatoms. The van der Waals surface area contributed by atoms with E-state index in [-0.39, 0.29) is 88.4 Å². The molecule has 2 amide bonds. The summed E-state index contributed by atoms with van der Waals surface area (Å²) in [4.78, 5) is 30.0. The van der Waals surface area contributed by atoms with Crippen molar-refractivity contribution >= 4 is 23.2 Å². The SMILES string of the molecule is CN1C(=O)C2=C(c3ccc(-c4ccc(-c5cc[c-]o5)o4)o3)N(C)C(=O)C2=C1c1ccc(-c2ccc(-c3cc[c-]o3)o2)o1.[Y].[Y]. The van der Waals surface area contributed by atoms with E-state index in [1.165, 1.54) is 9.80 Å². The second-order valence-electron chi connectivity index (χ2n) is 9.67. The predicted molar refractivity (Wildman–Crippen MR) is 145 cm³/mol. The van der Waals surface area contributed by atoms with Crippen molar-refractivity contribution in [3.05, 3.63) is 108 Å². The summed E-state index contributed by atoms with van der Waals surface area (Å²) < 4.78 is 34.5. The van der Waals surface area contributed by atoms with Gasteiger partial charge in [0.2, 0.25) is 0 Å². The molecule has 0 fully saturated rings. The van der Waals surface area contributed by atoms with Gasteiger partial charge in [-0.25, -0.2) is 0 Å². The normalized spacial score (nSPS) is 14.5. The van der Waals surface area contributed by atoms with Crippen LogP contribution in [-0.2, 0) is 75.0 Å². The predicted octanol–water partition coefficient (Wildman–Crippen LogP) is 6.57. The second kappa shape index (κ2) is 11.7. The molecule has 2 aliphatic rings. The van der Waals surface area contributed by atoms with Gasteiger partial charge in [-0.3, -0.25) is 9.59 Å². The summed E-state index contributed by atoms with van der Waals surface area (Å²) in [6.45, 7) is 0. The second-order valence-corrected chi connectivity index (χ2v) is 9.67. The number of carbonyl (C=O) groups excluding carboxylic acids is 2. The molecule has 6 aromatic rings. The van der Waals surface area contributed by atoms with Gasteiger partial charge in [0.15, 0.2) is 34.6 Å². The number of rotatable bonds is 6. The van der Waals surface area contributed by atoms with Crippen LogP contribution in [0.2, 0.25) is 0 Å². The molecule has 8 heterocycles. The first-order valence-electron chi connectivity index (χ1n) is 12.9. The van der Waals surface area contributed by atoms with Gasteiger partial charge in [0.05, 0.1) is 11.1 Å². The molecule has 2 radical (unpaired) electrons. The molecule has 212 valence electrons. The summed E-state index contributed by atoms with van der Waals surface area (Å²) in [5.74, 6) is 3.87. The van der Waals surface area contributed by atoms with Gasteiger partial charge >= 0.3 is 0 Å². The molecule has 8 rings (SSSR count). The molecule has 0 N–H and O–H groups in total. The fourth-order valence-corrected chi connectivity index (χ4v) is 5.25. The van der Waals surface area contributed by atoms with Crippen molar-refractivity contribution in [2.24, 2.45) is 0 Å². The zero-order valence-corrected chi connectivity index (χ0v) is 28.9. The number of hydrogen-bond donors (Lipinski definition) is 0. The quantitative estimate of drug-likeness (QED) is 0.176. The average molecular weight is 736 g/mol. The van der Waals surface area contributed by atoms with Crippen LogP contribution in [-0.4, -0.2) is 35.7 Å². The van der Waals surface area contributed by atoms with Crippen molar-refractivity contribution in [2.45, 2.75) is 0 Å². The van der Waals surface area contributed by atoms with Gasteiger partial charge in [0.25, 0.3) is 11.8 Å². The zero-order valence-electron chi connectivity index (χ0n) is 23.2. The number of nitrogens with zero attached hydrogens (tertiary/aromatic N) is 2. The third-order valence-corrected chi connectivity index (χ3v) is 7.24. The van der Waals surface area contributed by atoms with Crippen LogP contribution in [0.25, 0.3) is 57.5 Å². The molecule has 6 aromatic heterocycles. The molecule has 0 bridgehead atoms. The van der Waals surface area contributed by atoms with Crippen LogP contribution in [0.5, 0.6) is 0 Å². The van der Waals surface area contributed by atoms with E-state index in [1.54, 1.807) is 86.9 Å². The Bertz CT molecular complexity index is 1920. The first kappa shape index (κ1) is 30.3. The fraction of sp³-hybridized carbons (Fsp3) is 0.0625. The van der Waals surface area contributed by atoms with Crippen LogP contribution >= 0.6 is 0 Å².